The van der Waals surface area contributed by atoms with Crippen LogP contribution in [0.5, 0.6) is 5.75 Å². The quantitative estimate of drug-likeness (QED) is 0.238. The van der Waals surface area contributed by atoms with Crippen molar-refractivity contribution in [1.82, 2.24) is 0 Å². The van der Waals surface area contributed by atoms with Crippen molar-refractivity contribution in [3.05, 3.63) is 95.6 Å². The maximum atomic E-state index is 13.7. The molecule has 10 nitrogen and oxygen atoms in total. The van der Waals surface area contributed by atoms with E-state index in [0.29, 0.717) is 16.8 Å². The van der Waals surface area contributed by atoms with Crippen LogP contribution in [0.3, 0.4) is 0 Å². The first-order valence-corrected chi connectivity index (χ1v) is 13.3. The number of aromatic hydroxyl groups is 1. The summed E-state index contributed by atoms with van der Waals surface area (Å²) in [5, 5.41) is 49.9. The third kappa shape index (κ3) is 5.85. The lowest BCUT2D eigenvalue weighted by Gasteiger charge is -2.48. The first-order chi connectivity index (χ1) is 20.0. The molecule has 2 aliphatic rings. The second kappa shape index (κ2) is 12.1. The third-order valence-electron chi connectivity index (χ3n) is 7.65. The minimum Gasteiger partial charge on any atom is -0.508 e. The van der Waals surface area contributed by atoms with Gasteiger partial charge in [0.2, 0.25) is 5.91 Å². The predicted molar refractivity (Wildman–Crippen MR) is 142 cm³/mol. The Morgan fingerprint density at radius 1 is 0.881 bits per heavy atom. The van der Waals surface area contributed by atoms with Crippen molar-refractivity contribution < 1.29 is 53.4 Å². The van der Waals surface area contributed by atoms with E-state index in [-0.39, 0.29) is 24.5 Å². The van der Waals surface area contributed by atoms with E-state index in [9.17, 15) is 43.9 Å². The number of carbonyl (C=O) groups is 2. The standard InChI is InChI=1S/C30H29F2NO9/c31-17-5-1-15(2-6-17)22(41-30-26(37)24(35)25(36)27(42-30)29(39)40)14-13-21-23(16-3-11-20(34)12-4-16)33(28(21)38)19-9-7-18(32)8-10-19/h1-12,21-27,30,34-37H,13-14H2,(H,39,40)/t21-,22+,23-,24+,25+,26-,27?,30-/m1/s1. The highest BCUT2D eigenvalue weighted by Crippen LogP contribution is 2.47. The van der Waals surface area contributed by atoms with Crippen molar-refractivity contribution in [2.75, 3.05) is 4.90 Å². The molecule has 0 saturated carbocycles. The van der Waals surface area contributed by atoms with Crippen molar-refractivity contribution in [1.29, 1.82) is 0 Å². The molecule has 12 heteroatoms. The lowest BCUT2D eigenvalue weighted by molar-refractivity contribution is -0.306. The fourth-order valence-electron chi connectivity index (χ4n) is 5.42. The van der Waals surface area contributed by atoms with Crippen molar-refractivity contribution in [3.8, 4) is 5.75 Å². The molecule has 2 heterocycles. The molecule has 0 radical (unpaired) electrons. The van der Waals surface area contributed by atoms with Gasteiger partial charge in [-0.1, -0.05) is 24.3 Å². The van der Waals surface area contributed by atoms with E-state index in [1.54, 1.807) is 12.1 Å². The molecule has 2 fully saturated rings. The Labute approximate surface area is 239 Å². The number of β-lactam (4-membered cyclic amide) rings is 1. The molecule has 42 heavy (non-hydrogen) atoms. The zero-order valence-corrected chi connectivity index (χ0v) is 22.0. The molecule has 0 spiro atoms. The Kier molecular flexibility index (Phi) is 8.53. The van der Waals surface area contributed by atoms with Crippen LogP contribution in [0.4, 0.5) is 14.5 Å². The number of hydrogen-bond acceptors (Lipinski definition) is 8. The number of carboxylic acid groups (broad SMARTS) is 1. The van der Waals surface area contributed by atoms with Gasteiger partial charge in [0, 0.05) is 5.69 Å². The van der Waals surface area contributed by atoms with E-state index in [4.69, 9.17) is 9.47 Å². The molecule has 1 amide bonds. The van der Waals surface area contributed by atoms with Crippen LogP contribution in [0.15, 0.2) is 72.8 Å². The van der Waals surface area contributed by atoms with Crippen LogP contribution in [0.1, 0.15) is 36.1 Å². The fourth-order valence-corrected chi connectivity index (χ4v) is 5.42. The number of nitrogens with zero attached hydrogens (tertiary/aromatic N) is 1. The normalized spacial score (nSPS) is 28.3. The number of amides is 1. The highest BCUT2D eigenvalue weighted by molar-refractivity contribution is 6.03. The number of phenols is 1. The molecular formula is C30H29F2NO9. The number of halogens is 2. The van der Waals surface area contributed by atoms with Gasteiger partial charge in [0.15, 0.2) is 12.4 Å². The zero-order valence-electron chi connectivity index (χ0n) is 22.0. The van der Waals surface area contributed by atoms with E-state index < -0.39 is 66.4 Å². The SMILES string of the molecule is O=C(O)C1O[C@@H](O[C@@H](CC[C@H]2C(=O)N(c3ccc(F)cc3)[C@@H]2c2ccc(O)cc2)c2ccc(F)cc2)[C@H](O)[C@@H](O)[C@@H]1O. The van der Waals surface area contributed by atoms with Crippen LogP contribution in [0.25, 0.3) is 0 Å². The van der Waals surface area contributed by atoms with Crippen molar-refractivity contribution in [2.24, 2.45) is 5.92 Å². The summed E-state index contributed by atoms with van der Waals surface area (Å²) in [4.78, 5) is 26.5. The van der Waals surface area contributed by atoms with Crippen LogP contribution < -0.4 is 4.90 Å². The summed E-state index contributed by atoms with van der Waals surface area (Å²) >= 11 is 0. The van der Waals surface area contributed by atoms with E-state index in [0.717, 1.165) is 0 Å². The maximum absolute atomic E-state index is 13.7. The summed E-state index contributed by atoms with van der Waals surface area (Å²) < 4.78 is 38.5. The van der Waals surface area contributed by atoms with Crippen LogP contribution >= 0.6 is 0 Å². The molecule has 0 bridgehead atoms. The van der Waals surface area contributed by atoms with E-state index in [1.807, 2.05) is 0 Å². The van der Waals surface area contributed by atoms with E-state index in [1.165, 1.54) is 65.6 Å². The highest BCUT2D eigenvalue weighted by atomic mass is 19.1. The van der Waals surface area contributed by atoms with Gasteiger partial charge in [-0.2, -0.15) is 0 Å². The molecule has 3 aromatic rings. The van der Waals surface area contributed by atoms with Gasteiger partial charge in [-0.3, -0.25) is 4.79 Å². The number of ether oxygens (including phenoxy) is 2. The molecular weight excluding hydrogens is 556 g/mol. The minimum atomic E-state index is -1.90. The number of carboxylic acids is 1. The van der Waals surface area contributed by atoms with Crippen molar-refractivity contribution in [2.45, 2.75) is 55.7 Å². The van der Waals surface area contributed by atoms with Gasteiger partial charge >= 0.3 is 5.97 Å². The Morgan fingerprint density at radius 3 is 2.07 bits per heavy atom. The number of aliphatic hydroxyl groups excluding tert-OH is 3. The van der Waals surface area contributed by atoms with Gasteiger partial charge in [-0.15, -0.1) is 0 Å². The molecule has 5 N–H and O–H groups in total. The summed E-state index contributed by atoms with van der Waals surface area (Å²) in [5.41, 5.74) is 1.63. The Balaban J connectivity index is 1.40. The Bertz CT molecular complexity index is 1400. The van der Waals surface area contributed by atoms with E-state index >= 15 is 0 Å². The van der Waals surface area contributed by atoms with Crippen molar-refractivity contribution in [3.63, 3.8) is 0 Å². The summed E-state index contributed by atoms with van der Waals surface area (Å²) in [6.07, 6.45) is -9.75. The number of benzene rings is 3. The van der Waals surface area contributed by atoms with Gasteiger partial charge in [0.25, 0.3) is 0 Å². The van der Waals surface area contributed by atoms with Crippen LogP contribution in [-0.4, -0.2) is 68.1 Å². The van der Waals surface area contributed by atoms with E-state index in [2.05, 4.69) is 0 Å². The third-order valence-corrected chi connectivity index (χ3v) is 7.65. The molecule has 8 atom stereocenters. The second-order valence-corrected chi connectivity index (χ2v) is 10.3. The smallest absolute Gasteiger partial charge is 0.335 e. The van der Waals surface area contributed by atoms with Crippen LogP contribution in [0, 0.1) is 17.6 Å². The Morgan fingerprint density at radius 2 is 1.48 bits per heavy atom. The van der Waals surface area contributed by atoms with Gasteiger partial charge in [-0.25, -0.2) is 13.6 Å². The van der Waals surface area contributed by atoms with Gasteiger partial charge in [-0.05, 0) is 72.5 Å². The molecule has 222 valence electrons. The molecule has 2 saturated heterocycles. The van der Waals surface area contributed by atoms with Crippen LogP contribution in [0.2, 0.25) is 0 Å². The summed E-state index contributed by atoms with van der Waals surface area (Å²) in [6.45, 7) is 0. The summed E-state index contributed by atoms with van der Waals surface area (Å²) in [6, 6.07) is 16.5. The molecule has 1 unspecified atom stereocenters. The van der Waals surface area contributed by atoms with Gasteiger partial charge in [0.05, 0.1) is 18.1 Å². The van der Waals surface area contributed by atoms with Gasteiger partial charge in [0.1, 0.15) is 35.7 Å². The second-order valence-electron chi connectivity index (χ2n) is 10.3. The maximum Gasteiger partial charge on any atom is 0.335 e. The Hall–Kier alpha value is -3.94. The molecule has 2 aliphatic heterocycles. The average molecular weight is 586 g/mol. The molecule has 3 aromatic carbocycles. The number of aliphatic hydroxyl groups is 3. The number of carbonyl (C=O) groups excluding carboxylic acids is 1. The monoisotopic (exact) mass is 585 g/mol. The number of rotatable bonds is 9. The lowest BCUT2D eigenvalue weighted by atomic mass is 9.78. The predicted octanol–water partition coefficient (Wildman–Crippen LogP) is 2.80. The largest absolute Gasteiger partial charge is 0.508 e. The number of phenolic OH excluding ortho intramolecular Hbond substituents is 1. The molecule has 0 aliphatic carbocycles. The first kappa shape index (κ1) is 29.5. The van der Waals surface area contributed by atoms with Gasteiger partial charge < -0.3 is 39.9 Å². The first-order valence-electron chi connectivity index (χ1n) is 13.3. The molecule has 0 aromatic heterocycles. The summed E-state index contributed by atoms with van der Waals surface area (Å²) in [7, 11) is 0. The number of anilines is 1. The van der Waals surface area contributed by atoms with Crippen LogP contribution in [-0.2, 0) is 19.1 Å². The summed E-state index contributed by atoms with van der Waals surface area (Å²) in [5.74, 6) is -3.36. The number of aliphatic carboxylic acids is 1. The topological polar surface area (TPSA) is 157 Å². The zero-order chi connectivity index (χ0) is 30.1. The highest BCUT2D eigenvalue weighted by Gasteiger charge is 2.50. The number of hydrogen-bond donors (Lipinski definition) is 5. The average Bonchev–Trinajstić information content (AvgIpc) is 2.97. The van der Waals surface area contributed by atoms with Crippen molar-refractivity contribution >= 4 is 17.6 Å². The molecule has 5 rings (SSSR count). The fraction of sp³-hybridized carbons (Fsp3) is 0.333. The minimum absolute atomic E-state index is 0.0390. The lowest BCUT2D eigenvalue weighted by Crippen LogP contribution is -2.60.